The number of thiazole rings is 1. The fraction of sp³-hybridized carbons (Fsp3) is 0.591. The molecule has 1 N–H and O–H groups in total. The van der Waals surface area contributed by atoms with Crippen molar-refractivity contribution in [1.29, 1.82) is 0 Å². The molecule has 2 aromatic heterocycles. The Morgan fingerprint density at radius 3 is 2.76 bits per heavy atom. The zero-order valence-corrected chi connectivity index (χ0v) is 19.5. The van der Waals surface area contributed by atoms with Crippen LogP contribution in [0.3, 0.4) is 0 Å². The average Bonchev–Trinajstić information content (AvgIpc) is 3.36. The SMILES string of the molecule is C[C@@H]1CCCC[C@]12NC(=O)N(CC(=O)N1CCN(Cc3cc(=O)n4ccsc4n3)CC1)C2=O. The molecule has 2 aromatic rings. The lowest BCUT2D eigenvalue weighted by molar-refractivity contribution is -0.141. The maximum Gasteiger partial charge on any atom is 0.325 e. The third-order valence-electron chi connectivity index (χ3n) is 7.26. The zero-order chi connectivity index (χ0) is 23.2. The normalized spacial score (nSPS) is 26.4. The molecule has 2 atom stereocenters. The molecular weight excluding hydrogens is 444 g/mol. The molecule has 4 heterocycles. The van der Waals surface area contributed by atoms with Crippen molar-refractivity contribution in [3.63, 3.8) is 0 Å². The maximum absolute atomic E-state index is 13.1. The molecule has 1 spiro atoms. The van der Waals surface area contributed by atoms with Crippen molar-refractivity contribution >= 4 is 34.1 Å². The van der Waals surface area contributed by atoms with E-state index in [-0.39, 0.29) is 29.8 Å². The first-order valence-corrected chi connectivity index (χ1v) is 12.4. The van der Waals surface area contributed by atoms with Gasteiger partial charge in [0.05, 0.1) is 5.69 Å². The van der Waals surface area contributed by atoms with Crippen LogP contribution >= 0.6 is 11.3 Å². The van der Waals surface area contributed by atoms with E-state index in [1.165, 1.54) is 15.7 Å². The maximum atomic E-state index is 13.1. The first-order chi connectivity index (χ1) is 15.9. The van der Waals surface area contributed by atoms with E-state index < -0.39 is 11.6 Å². The Labute approximate surface area is 195 Å². The second-order valence-electron chi connectivity index (χ2n) is 9.24. The van der Waals surface area contributed by atoms with E-state index in [2.05, 4.69) is 15.2 Å². The van der Waals surface area contributed by atoms with Gasteiger partial charge in [-0.25, -0.2) is 9.78 Å². The highest BCUT2D eigenvalue weighted by Gasteiger charge is 2.55. The highest BCUT2D eigenvalue weighted by Crippen LogP contribution is 2.38. The predicted octanol–water partition coefficient (Wildman–Crippen LogP) is 0.901. The number of nitrogens with one attached hydrogen (secondary N) is 1. The summed E-state index contributed by atoms with van der Waals surface area (Å²) in [5, 5.41) is 4.74. The Morgan fingerprint density at radius 1 is 1.21 bits per heavy atom. The number of amides is 4. The largest absolute Gasteiger partial charge is 0.339 e. The number of piperazine rings is 1. The van der Waals surface area contributed by atoms with Gasteiger partial charge in [0, 0.05) is 50.4 Å². The molecule has 5 rings (SSSR count). The predicted molar refractivity (Wildman–Crippen MR) is 122 cm³/mol. The molecule has 11 heteroatoms. The Bertz CT molecular complexity index is 1150. The van der Waals surface area contributed by atoms with Crippen molar-refractivity contribution in [3.8, 4) is 0 Å². The molecule has 4 amide bonds. The van der Waals surface area contributed by atoms with Gasteiger partial charge >= 0.3 is 6.03 Å². The van der Waals surface area contributed by atoms with Crippen LogP contribution in [0.15, 0.2) is 22.4 Å². The molecule has 0 radical (unpaired) electrons. The number of hydrogen-bond acceptors (Lipinski definition) is 7. The van der Waals surface area contributed by atoms with Crippen LogP contribution in [0.5, 0.6) is 0 Å². The van der Waals surface area contributed by atoms with Crippen LogP contribution < -0.4 is 10.9 Å². The lowest BCUT2D eigenvalue weighted by Crippen LogP contribution is -2.54. The van der Waals surface area contributed by atoms with Gasteiger partial charge in [-0.15, -0.1) is 11.3 Å². The van der Waals surface area contributed by atoms with Crippen LogP contribution in [0.4, 0.5) is 4.79 Å². The molecule has 0 unspecified atom stereocenters. The number of rotatable bonds is 4. The minimum Gasteiger partial charge on any atom is -0.339 e. The summed E-state index contributed by atoms with van der Waals surface area (Å²) in [6.07, 6.45) is 5.21. The second-order valence-corrected chi connectivity index (χ2v) is 10.1. The smallest absolute Gasteiger partial charge is 0.325 e. The lowest BCUT2D eigenvalue weighted by atomic mass is 9.73. The molecule has 33 heavy (non-hydrogen) atoms. The van der Waals surface area contributed by atoms with Gasteiger partial charge in [0.25, 0.3) is 11.5 Å². The topological polar surface area (TPSA) is 107 Å². The van der Waals surface area contributed by atoms with Crippen LogP contribution in [-0.2, 0) is 16.1 Å². The number of urea groups is 1. The summed E-state index contributed by atoms with van der Waals surface area (Å²) in [7, 11) is 0. The van der Waals surface area contributed by atoms with Gasteiger partial charge in [-0.2, -0.15) is 0 Å². The molecule has 2 aliphatic heterocycles. The van der Waals surface area contributed by atoms with Crippen molar-refractivity contribution in [2.24, 2.45) is 5.92 Å². The molecule has 1 aliphatic carbocycles. The second kappa shape index (κ2) is 8.53. The molecule has 0 aromatic carbocycles. The van der Waals surface area contributed by atoms with Gasteiger partial charge in [0.1, 0.15) is 12.1 Å². The number of carbonyl (C=O) groups is 3. The summed E-state index contributed by atoms with van der Waals surface area (Å²) in [5.41, 5.74) is -0.221. The van der Waals surface area contributed by atoms with Crippen molar-refractivity contribution in [2.75, 3.05) is 32.7 Å². The fourth-order valence-electron chi connectivity index (χ4n) is 5.23. The van der Waals surface area contributed by atoms with Gasteiger partial charge in [0.15, 0.2) is 4.96 Å². The highest BCUT2D eigenvalue weighted by atomic mass is 32.1. The number of fused-ring (bicyclic) bond motifs is 1. The number of aromatic nitrogens is 2. The van der Waals surface area contributed by atoms with Crippen LogP contribution in [0, 0.1) is 5.92 Å². The number of carbonyl (C=O) groups excluding carboxylic acids is 3. The monoisotopic (exact) mass is 472 g/mol. The van der Waals surface area contributed by atoms with E-state index in [9.17, 15) is 19.2 Å². The summed E-state index contributed by atoms with van der Waals surface area (Å²) in [6, 6.07) is 1.10. The first kappa shape index (κ1) is 22.0. The van der Waals surface area contributed by atoms with Crippen molar-refractivity contribution < 1.29 is 14.4 Å². The van der Waals surface area contributed by atoms with Crippen molar-refractivity contribution in [3.05, 3.63) is 33.7 Å². The van der Waals surface area contributed by atoms with Crippen LogP contribution in [0.1, 0.15) is 38.3 Å². The molecule has 0 bridgehead atoms. The van der Waals surface area contributed by atoms with Gasteiger partial charge < -0.3 is 10.2 Å². The summed E-state index contributed by atoms with van der Waals surface area (Å²) < 4.78 is 1.53. The Hall–Kier alpha value is -2.79. The minimum absolute atomic E-state index is 0.0707. The van der Waals surface area contributed by atoms with Gasteiger partial charge in [0.2, 0.25) is 5.91 Å². The van der Waals surface area contributed by atoms with Gasteiger partial charge in [-0.3, -0.25) is 28.6 Å². The molecular formula is C22H28N6O4S. The number of imide groups is 1. The van der Waals surface area contributed by atoms with Crippen LogP contribution in [-0.4, -0.2) is 80.2 Å². The number of nitrogens with zero attached hydrogens (tertiary/aromatic N) is 5. The standard InChI is InChI=1S/C22H28N6O4S/c1-15-4-2-3-5-22(15)19(31)28(20(32)24-22)14-18(30)26-8-6-25(7-9-26)13-16-12-17(29)27-10-11-33-21(27)23-16/h10-12,15H,2-9,13-14H2,1H3,(H,24,32)/t15-,22+/m1/s1. The highest BCUT2D eigenvalue weighted by molar-refractivity contribution is 7.15. The Balaban J connectivity index is 1.17. The summed E-state index contributed by atoms with van der Waals surface area (Å²) in [6.45, 7) is 4.61. The summed E-state index contributed by atoms with van der Waals surface area (Å²) >= 11 is 1.42. The van der Waals surface area contributed by atoms with Crippen LogP contribution in [0.25, 0.3) is 4.96 Å². The van der Waals surface area contributed by atoms with Crippen molar-refractivity contribution in [1.82, 2.24) is 29.4 Å². The summed E-state index contributed by atoms with van der Waals surface area (Å²) in [4.78, 5) is 60.9. The van der Waals surface area contributed by atoms with Gasteiger partial charge in [-0.1, -0.05) is 19.8 Å². The Morgan fingerprint density at radius 2 is 2.00 bits per heavy atom. The zero-order valence-electron chi connectivity index (χ0n) is 18.7. The third-order valence-corrected chi connectivity index (χ3v) is 8.02. The van der Waals surface area contributed by atoms with E-state index in [4.69, 9.17) is 0 Å². The summed E-state index contributed by atoms with van der Waals surface area (Å²) in [5.74, 6) is -0.399. The van der Waals surface area contributed by atoms with E-state index in [1.807, 2.05) is 12.3 Å². The van der Waals surface area contributed by atoms with E-state index in [0.717, 1.165) is 24.2 Å². The molecule has 2 saturated heterocycles. The van der Waals surface area contributed by atoms with E-state index >= 15 is 0 Å². The number of hydrogen-bond donors (Lipinski definition) is 1. The first-order valence-electron chi connectivity index (χ1n) is 11.5. The quantitative estimate of drug-likeness (QED) is 0.663. The average molecular weight is 473 g/mol. The van der Waals surface area contributed by atoms with Crippen molar-refractivity contribution in [2.45, 2.75) is 44.7 Å². The lowest BCUT2D eigenvalue weighted by Gasteiger charge is -2.37. The Kier molecular flexibility index (Phi) is 5.69. The van der Waals surface area contributed by atoms with E-state index in [1.54, 1.807) is 17.2 Å². The van der Waals surface area contributed by atoms with E-state index in [0.29, 0.717) is 49.8 Å². The van der Waals surface area contributed by atoms with Crippen LogP contribution in [0.2, 0.25) is 0 Å². The molecule has 3 aliphatic rings. The molecule has 1 saturated carbocycles. The van der Waals surface area contributed by atoms with Gasteiger partial charge in [-0.05, 0) is 18.8 Å². The molecule has 3 fully saturated rings. The molecule has 10 nitrogen and oxygen atoms in total. The third kappa shape index (κ3) is 3.93. The molecule has 176 valence electrons. The minimum atomic E-state index is -0.844. The fourth-order valence-corrected chi connectivity index (χ4v) is 5.97.